The first-order valence-corrected chi connectivity index (χ1v) is 19.4. The number of anilines is 1. The molecule has 1 fully saturated rings. The lowest BCUT2D eigenvalue weighted by Crippen LogP contribution is -2.45. The molecule has 1 heterocycles. The lowest BCUT2D eigenvalue weighted by Gasteiger charge is -2.39. The predicted molar refractivity (Wildman–Crippen MR) is 206 cm³/mol. The maximum atomic E-state index is 13.9. The number of sulfonamides is 1. The number of nitrogens with one attached hydrogen (secondary N) is 2. The molecule has 1 aliphatic heterocycles. The molecule has 6 rings (SSSR count). The van der Waals surface area contributed by atoms with E-state index >= 15 is 0 Å². The van der Waals surface area contributed by atoms with Gasteiger partial charge in [-0.25, -0.2) is 8.42 Å². The molecule has 5 unspecified atom stereocenters. The van der Waals surface area contributed by atoms with Crippen LogP contribution in [0.25, 0.3) is 0 Å². The smallest absolute Gasteiger partial charge is 0.242 e. The molecule has 5 atom stereocenters. The van der Waals surface area contributed by atoms with E-state index in [0.29, 0.717) is 24.2 Å². The van der Waals surface area contributed by atoms with Crippen molar-refractivity contribution in [2.24, 2.45) is 0 Å². The number of carbonyl (C=O) groups is 1. The van der Waals surface area contributed by atoms with Crippen LogP contribution in [0.3, 0.4) is 0 Å². The van der Waals surface area contributed by atoms with Crippen LogP contribution >= 0.6 is 0 Å². The number of hydrogen-bond acceptors (Lipinski definition) is 7. The SMILES string of the molecule is Cc1ccc(S(=O)(=O)NC(Cc2ccccc2)C(=O)Nc2cccc(C3OC(CN(C)C(C)c4ccccc4)CC(c4ccc(CO)cc4)O3)c2)cc1. The standard InChI is InChI=1S/C43H47N3O6S/c1-30-17-23-39(24-18-30)53(49,50)45-40(25-32-11-6-4-7-12-32)42(48)44-37-16-10-15-36(26-37)43-51-38(28-46(3)31(2)34-13-8-5-9-14-34)27-41(52-43)35-21-19-33(29-47)20-22-35/h4-24,26,31,38,40-41,43,45,47H,25,27-29H2,1-3H3,(H,44,48). The van der Waals surface area contributed by atoms with Gasteiger partial charge in [0.15, 0.2) is 6.29 Å². The number of likely N-dealkylation sites (N-methyl/N-ethyl adjacent to an activating group) is 1. The monoisotopic (exact) mass is 733 g/mol. The van der Waals surface area contributed by atoms with Gasteiger partial charge in [0.2, 0.25) is 15.9 Å². The lowest BCUT2D eigenvalue weighted by atomic mass is 9.99. The van der Waals surface area contributed by atoms with E-state index < -0.39 is 28.3 Å². The van der Waals surface area contributed by atoms with Crippen molar-refractivity contribution in [3.63, 3.8) is 0 Å². The van der Waals surface area contributed by atoms with Gasteiger partial charge < -0.3 is 19.9 Å². The molecule has 1 aliphatic rings. The van der Waals surface area contributed by atoms with Crippen molar-refractivity contribution in [1.82, 2.24) is 9.62 Å². The van der Waals surface area contributed by atoms with Crippen molar-refractivity contribution in [2.75, 3.05) is 18.9 Å². The first kappa shape index (κ1) is 38.1. The van der Waals surface area contributed by atoms with E-state index in [1.54, 1.807) is 24.3 Å². The zero-order valence-corrected chi connectivity index (χ0v) is 31.1. The molecule has 1 saturated heterocycles. The number of ether oxygens (including phenoxy) is 2. The lowest BCUT2D eigenvalue weighted by molar-refractivity contribution is -0.253. The van der Waals surface area contributed by atoms with Crippen LogP contribution in [0.4, 0.5) is 5.69 Å². The quantitative estimate of drug-likeness (QED) is 0.110. The van der Waals surface area contributed by atoms with E-state index in [0.717, 1.165) is 22.3 Å². The molecule has 5 aromatic carbocycles. The molecule has 10 heteroatoms. The molecule has 0 radical (unpaired) electrons. The number of nitrogens with zero attached hydrogens (tertiary/aromatic N) is 1. The fourth-order valence-corrected chi connectivity index (χ4v) is 7.70. The summed E-state index contributed by atoms with van der Waals surface area (Å²) < 4.78 is 42.7. The fraction of sp³-hybridized carbons (Fsp3) is 0.279. The topological polar surface area (TPSA) is 117 Å². The van der Waals surface area contributed by atoms with Gasteiger partial charge in [-0.15, -0.1) is 0 Å². The number of aliphatic hydroxyl groups is 1. The second-order valence-electron chi connectivity index (χ2n) is 13.7. The minimum Gasteiger partial charge on any atom is -0.392 e. The summed E-state index contributed by atoms with van der Waals surface area (Å²) in [6, 6.07) is 40.3. The van der Waals surface area contributed by atoms with Crippen LogP contribution in [0.15, 0.2) is 138 Å². The molecule has 3 N–H and O–H groups in total. The highest BCUT2D eigenvalue weighted by atomic mass is 32.2. The summed E-state index contributed by atoms with van der Waals surface area (Å²) in [4.78, 5) is 16.2. The summed E-state index contributed by atoms with van der Waals surface area (Å²) in [7, 11) is -1.92. The van der Waals surface area contributed by atoms with Crippen LogP contribution in [0.2, 0.25) is 0 Å². The third-order valence-electron chi connectivity index (χ3n) is 9.70. The molecule has 0 bridgehead atoms. The Kier molecular flexibility index (Phi) is 12.5. The second kappa shape index (κ2) is 17.4. The normalized spacial score (nSPS) is 18.7. The molecule has 0 saturated carbocycles. The molecule has 1 amide bonds. The Hall–Kier alpha value is -4.68. The Labute approximate surface area is 312 Å². The zero-order chi connectivity index (χ0) is 37.4. The predicted octanol–water partition coefficient (Wildman–Crippen LogP) is 7.25. The molecule has 5 aromatic rings. The van der Waals surface area contributed by atoms with Crippen molar-refractivity contribution < 1.29 is 27.8 Å². The van der Waals surface area contributed by atoms with Crippen LogP contribution in [0, 0.1) is 6.92 Å². The van der Waals surface area contributed by atoms with Gasteiger partial charge in [-0.3, -0.25) is 9.69 Å². The summed E-state index contributed by atoms with van der Waals surface area (Å²) in [6.45, 7) is 4.67. The third-order valence-corrected chi connectivity index (χ3v) is 11.2. The van der Waals surface area contributed by atoms with Crippen LogP contribution in [0.1, 0.15) is 65.2 Å². The Morgan fingerprint density at radius 2 is 1.51 bits per heavy atom. The summed E-state index contributed by atoms with van der Waals surface area (Å²) >= 11 is 0. The van der Waals surface area contributed by atoms with E-state index in [2.05, 4.69) is 41.0 Å². The van der Waals surface area contributed by atoms with Gasteiger partial charge in [0.05, 0.1) is 23.7 Å². The van der Waals surface area contributed by atoms with Crippen molar-refractivity contribution in [3.8, 4) is 0 Å². The van der Waals surface area contributed by atoms with Crippen molar-refractivity contribution in [3.05, 3.63) is 167 Å². The number of carbonyl (C=O) groups excluding carboxylic acids is 1. The molecule has 0 aromatic heterocycles. The van der Waals surface area contributed by atoms with E-state index in [1.165, 1.54) is 17.7 Å². The van der Waals surface area contributed by atoms with Gasteiger partial charge in [-0.2, -0.15) is 4.72 Å². The van der Waals surface area contributed by atoms with E-state index in [1.807, 2.05) is 91.9 Å². The van der Waals surface area contributed by atoms with Crippen molar-refractivity contribution >= 4 is 21.6 Å². The highest BCUT2D eigenvalue weighted by molar-refractivity contribution is 7.89. The Bertz CT molecular complexity index is 2040. The number of amides is 1. The highest BCUT2D eigenvalue weighted by Crippen LogP contribution is 2.39. The number of rotatable bonds is 14. The molecular formula is C43H47N3O6S. The molecular weight excluding hydrogens is 687 g/mol. The minimum atomic E-state index is -4.00. The summed E-state index contributed by atoms with van der Waals surface area (Å²) in [5.41, 5.74) is 5.95. The van der Waals surface area contributed by atoms with Crippen LogP contribution < -0.4 is 10.0 Å². The number of benzene rings is 5. The number of aryl methyl sites for hydroxylation is 1. The third kappa shape index (κ3) is 10.1. The second-order valence-corrected chi connectivity index (χ2v) is 15.4. The van der Waals surface area contributed by atoms with E-state index in [-0.39, 0.29) is 36.2 Å². The van der Waals surface area contributed by atoms with Gasteiger partial charge >= 0.3 is 0 Å². The molecule has 0 aliphatic carbocycles. The largest absolute Gasteiger partial charge is 0.392 e. The minimum absolute atomic E-state index is 0.0412. The summed E-state index contributed by atoms with van der Waals surface area (Å²) in [6.07, 6.45) is -0.429. The van der Waals surface area contributed by atoms with Crippen LogP contribution in [0.5, 0.6) is 0 Å². The zero-order valence-electron chi connectivity index (χ0n) is 30.3. The van der Waals surface area contributed by atoms with E-state index in [9.17, 15) is 18.3 Å². The molecule has 53 heavy (non-hydrogen) atoms. The molecule has 9 nitrogen and oxygen atoms in total. The van der Waals surface area contributed by atoms with Gasteiger partial charge in [0.1, 0.15) is 6.04 Å². The Morgan fingerprint density at radius 3 is 2.19 bits per heavy atom. The molecule has 276 valence electrons. The first-order chi connectivity index (χ1) is 25.6. The fourth-order valence-electron chi connectivity index (χ4n) is 6.50. The summed E-state index contributed by atoms with van der Waals surface area (Å²) in [5, 5.41) is 12.6. The van der Waals surface area contributed by atoms with Crippen LogP contribution in [-0.2, 0) is 37.3 Å². The number of aliphatic hydroxyl groups excluding tert-OH is 1. The maximum Gasteiger partial charge on any atom is 0.242 e. The van der Waals surface area contributed by atoms with Crippen molar-refractivity contribution in [1.29, 1.82) is 0 Å². The van der Waals surface area contributed by atoms with Gasteiger partial charge in [0.25, 0.3) is 0 Å². The average Bonchev–Trinajstić information content (AvgIpc) is 3.18. The van der Waals surface area contributed by atoms with E-state index in [4.69, 9.17) is 9.47 Å². The molecule has 0 spiro atoms. The highest BCUT2D eigenvalue weighted by Gasteiger charge is 2.34. The van der Waals surface area contributed by atoms with Gasteiger partial charge in [0, 0.05) is 30.3 Å². The Balaban J connectivity index is 1.23. The van der Waals surface area contributed by atoms with Gasteiger partial charge in [-0.1, -0.05) is 115 Å². The Morgan fingerprint density at radius 1 is 0.830 bits per heavy atom. The van der Waals surface area contributed by atoms with Crippen LogP contribution in [-0.4, -0.2) is 50.1 Å². The van der Waals surface area contributed by atoms with Gasteiger partial charge in [-0.05, 0) is 73.8 Å². The first-order valence-electron chi connectivity index (χ1n) is 17.9. The summed E-state index contributed by atoms with van der Waals surface area (Å²) in [5.74, 6) is -0.497. The maximum absolute atomic E-state index is 13.9. The average molecular weight is 734 g/mol. The number of hydrogen-bond donors (Lipinski definition) is 3. The van der Waals surface area contributed by atoms with Crippen molar-refractivity contribution in [2.45, 2.75) is 68.8 Å².